The smallest absolute Gasteiger partial charge is 0.297 e. The summed E-state index contributed by atoms with van der Waals surface area (Å²) in [5, 5.41) is 11.8. The minimum atomic E-state index is -0.562. The van der Waals surface area contributed by atoms with E-state index in [1.807, 2.05) is 6.07 Å². The summed E-state index contributed by atoms with van der Waals surface area (Å²) in [5.41, 5.74) is 0.938. The van der Waals surface area contributed by atoms with Crippen LogP contribution in [0.5, 0.6) is 17.2 Å². The van der Waals surface area contributed by atoms with Gasteiger partial charge in [-0.15, -0.1) is 0 Å². The number of aromatic nitrogens is 3. The molecule has 0 aliphatic heterocycles. The Morgan fingerprint density at radius 3 is 2.59 bits per heavy atom. The van der Waals surface area contributed by atoms with E-state index < -0.39 is 11.5 Å². The first kappa shape index (κ1) is 23.1. The molecule has 0 saturated heterocycles. The second kappa shape index (κ2) is 9.44. The van der Waals surface area contributed by atoms with Gasteiger partial charge in [-0.1, -0.05) is 28.9 Å². The Kier molecular flexibility index (Phi) is 6.42. The number of amides is 1. The van der Waals surface area contributed by atoms with Crippen molar-refractivity contribution in [2.45, 2.75) is 13.5 Å². The number of hydrogen-bond acceptors (Lipinski definition) is 8. The standard InChI is InChI=1S/C23H21ClN4O6/c1-12-20-21(13-6-5-7-14(8-13)31-2)26-28(23(30)22(20)27-34-12)11-19(29)25-16-9-15(24)17(32-3)10-18(16)33-4/h5-10H,11H2,1-4H3,(H,25,29). The third-order valence-electron chi connectivity index (χ3n) is 5.14. The Morgan fingerprint density at radius 2 is 1.88 bits per heavy atom. The molecule has 10 nitrogen and oxygen atoms in total. The van der Waals surface area contributed by atoms with E-state index in [0.717, 1.165) is 4.68 Å². The topological polar surface area (TPSA) is 118 Å². The van der Waals surface area contributed by atoms with Crippen molar-refractivity contribution in [3.8, 4) is 28.5 Å². The molecule has 0 radical (unpaired) electrons. The number of benzene rings is 2. The second-order valence-corrected chi connectivity index (χ2v) is 7.65. The molecule has 2 aromatic carbocycles. The van der Waals surface area contributed by atoms with E-state index in [1.165, 1.54) is 20.3 Å². The minimum absolute atomic E-state index is 0.0724. The van der Waals surface area contributed by atoms with Gasteiger partial charge in [0, 0.05) is 11.6 Å². The summed E-state index contributed by atoms with van der Waals surface area (Å²) in [6, 6.07) is 10.2. The zero-order chi connectivity index (χ0) is 24.4. The van der Waals surface area contributed by atoms with Gasteiger partial charge < -0.3 is 24.1 Å². The summed E-state index contributed by atoms with van der Waals surface area (Å²) >= 11 is 6.18. The highest BCUT2D eigenvalue weighted by atomic mass is 35.5. The first-order valence-electron chi connectivity index (χ1n) is 10.1. The van der Waals surface area contributed by atoms with Crippen LogP contribution in [0.4, 0.5) is 5.69 Å². The molecule has 2 heterocycles. The van der Waals surface area contributed by atoms with E-state index in [1.54, 1.807) is 38.3 Å². The average molecular weight is 485 g/mol. The number of carbonyl (C=O) groups excluding carboxylic acids is 1. The van der Waals surface area contributed by atoms with Crippen molar-refractivity contribution in [1.29, 1.82) is 0 Å². The van der Waals surface area contributed by atoms with Crippen LogP contribution in [0.15, 0.2) is 45.7 Å². The van der Waals surface area contributed by atoms with E-state index in [0.29, 0.717) is 45.3 Å². The predicted molar refractivity (Wildman–Crippen MR) is 126 cm³/mol. The molecule has 0 saturated carbocycles. The molecule has 4 aromatic rings. The molecular formula is C23H21ClN4O6. The normalized spacial score (nSPS) is 10.9. The zero-order valence-corrected chi connectivity index (χ0v) is 19.6. The van der Waals surface area contributed by atoms with Gasteiger partial charge in [-0.05, 0) is 25.1 Å². The predicted octanol–water partition coefficient (Wildman–Crippen LogP) is 3.68. The number of fused-ring (bicyclic) bond motifs is 1. The van der Waals surface area contributed by atoms with Gasteiger partial charge in [-0.25, -0.2) is 4.68 Å². The van der Waals surface area contributed by atoms with Gasteiger partial charge in [0.05, 0.1) is 37.4 Å². The number of halogens is 1. The Morgan fingerprint density at radius 1 is 1.12 bits per heavy atom. The largest absolute Gasteiger partial charge is 0.497 e. The molecule has 0 aliphatic carbocycles. The molecule has 0 fully saturated rings. The van der Waals surface area contributed by atoms with Crippen molar-refractivity contribution in [1.82, 2.24) is 14.9 Å². The van der Waals surface area contributed by atoms with Crippen molar-refractivity contribution in [3.63, 3.8) is 0 Å². The number of methoxy groups -OCH3 is 3. The van der Waals surface area contributed by atoms with Crippen LogP contribution in [0.3, 0.4) is 0 Å². The Labute approximate surface area is 199 Å². The summed E-state index contributed by atoms with van der Waals surface area (Å²) in [5.74, 6) is 1.26. The van der Waals surface area contributed by atoms with E-state index in [9.17, 15) is 9.59 Å². The van der Waals surface area contributed by atoms with Gasteiger partial charge in [0.1, 0.15) is 35.2 Å². The summed E-state index contributed by atoms with van der Waals surface area (Å²) in [6.45, 7) is 1.31. The maximum absolute atomic E-state index is 13.0. The quantitative estimate of drug-likeness (QED) is 0.422. The number of ether oxygens (including phenoxy) is 3. The molecule has 176 valence electrons. The van der Waals surface area contributed by atoms with E-state index in [2.05, 4.69) is 15.6 Å². The maximum Gasteiger partial charge on any atom is 0.297 e. The Hall–Kier alpha value is -4.05. The fraction of sp³-hybridized carbons (Fsp3) is 0.217. The number of hydrogen-bond donors (Lipinski definition) is 1. The van der Waals surface area contributed by atoms with Crippen LogP contribution in [0.2, 0.25) is 5.02 Å². The number of aryl methyl sites for hydroxylation is 1. The van der Waals surface area contributed by atoms with Crippen molar-refractivity contribution in [2.75, 3.05) is 26.6 Å². The van der Waals surface area contributed by atoms with Crippen LogP contribution in [-0.2, 0) is 11.3 Å². The molecular weight excluding hydrogens is 464 g/mol. The van der Waals surface area contributed by atoms with Crippen LogP contribution >= 0.6 is 11.6 Å². The lowest BCUT2D eigenvalue weighted by Gasteiger charge is -2.14. The van der Waals surface area contributed by atoms with Gasteiger partial charge >= 0.3 is 0 Å². The lowest BCUT2D eigenvalue weighted by Crippen LogP contribution is -2.30. The van der Waals surface area contributed by atoms with Crippen LogP contribution in [0.25, 0.3) is 22.2 Å². The monoisotopic (exact) mass is 484 g/mol. The number of rotatable bonds is 7. The molecule has 1 N–H and O–H groups in total. The molecule has 11 heteroatoms. The summed E-state index contributed by atoms with van der Waals surface area (Å²) in [6.07, 6.45) is 0. The first-order valence-corrected chi connectivity index (χ1v) is 10.5. The molecule has 1 amide bonds. The molecule has 0 bridgehead atoms. The van der Waals surface area contributed by atoms with Gasteiger partial charge in [0.25, 0.3) is 5.56 Å². The van der Waals surface area contributed by atoms with Crippen molar-refractivity contribution < 1.29 is 23.5 Å². The van der Waals surface area contributed by atoms with Crippen molar-refractivity contribution in [2.24, 2.45) is 0 Å². The highest BCUT2D eigenvalue weighted by Crippen LogP contribution is 2.36. The van der Waals surface area contributed by atoms with Gasteiger partial charge in [-0.3, -0.25) is 9.59 Å². The van der Waals surface area contributed by atoms with E-state index in [4.69, 9.17) is 30.3 Å². The average Bonchev–Trinajstić information content (AvgIpc) is 3.23. The van der Waals surface area contributed by atoms with Gasteiger partial charge in [-0.2, -0.15) is 5.10 Å². The van der Waals surface area contributed by atoms with E-state index >= 15 is 0 Å². The fourth-order valence-electron chi connectivity index (χ4n) is 3.50. The van der Waals surface area contributed by atoms with Gasteiger partial charge in [0.15, 0.2) is 5.52 Å². The molecule has 34 heavy (non-hydrogen) atoms. The van der Waals surface area contributed by atoms with Gasteiger partial charge in [0.2, 0.25) is 5.91 Å². The third-order valence-corrected chi connectivity index (χ3v) is 5.44. The summed E-state index contributed by atoms with van der Waals surface area (Å²) in [7, 11) is 4.47. The first-order chi connectivity index (χ1) is 16.4. The number of nitrogens with one attached hydrogen (secondary N) is 1. The number of anilines is 1. The molecule has 0 spiro atoms. The SMILES string of the molecule is COc1cccc(-c2nn(CC(=O)Nc3cc(Cl)c(OC)cc3OC)c(=O)c3noc(C)c23)c1. The van der Waals surface area contributed by atoms with Crippen LogP contribution in [-0.4, -0.2) is 42.2 Å². The summed E-state index contributed by atoms with van der Waals surface area (Å²) in [4.78, 5) is 25.9. The highest BCUT2D eigenvalue weighted by Gasteiger charge is 2.21. The van der Waals surface area contributed by atoms with Crippen LogP contribution in [0.1, 0.15) is 5.76 Å². The molecule has 0 atom stereocenters. The second-order valence-electron chi connectivity index (χ2n) is 7.24. The highest BCUT2D eigenvalue weighted by molar-refractivity contribution is 6.32. The fourth-order valence-corrected chi connectivity index (χ4v) is 3.74. The van der Waals surface area contributed by atoms with Crippen molar-refractivity contribution >= 4 is 34.1 Å². The minimum Gasteiger partial charge on any atom is -0.497 e. The molecule has 4 rings (SSSR count). The Bertz CT molecular complexity index is 1450. The number of carbonyl (C=O) groups is 1. The molecule has 2 aromatic heterocycles. The lowest BCUT2D eigenvalue weighted by molar-refractivity contribution is -0.117. The summed E-state index contributed by atoms with van der Waals surface area (Å²) < 4.78 is 22.1. The van der Waals surface area contributed by atoms with Crippen molar-refractivity contribution in [3.05, 3.63) is 57.5 Å². The van der Waals surface area contributed by atoms with Crippen LogP contribution < -0.4 is 25.1 Å². The Balaban J connectivity index is 1.73. The molecule has 0 aliphatic rings. The van der Waals surface area contributed by atoms with Crippen LogP contribution in [0, 0.1) is 6.92 Å². The van der Waals surface area contributed by atoms with E-state index in [-0.39, 0.29) is 17.1 Å². The lowest BCUT2D eigenvalue weighted by atomic mass is 10.1. The maximum atomic E-state index is 13.0. The third kappa shape index (κ3) is 4.27. The number of nitrogens with zero attached hydrogens (tertiary/aromatic N) is 3. The molecule has 0 unspecified atom stereocenters. The zero-order valence-electron chi connectivity index (χ0n) is 18.8.